The monoisotopic (exact) mass is 433 g/mol. The Bertz CT molecular complexity index is 1150. The first-order valence-corrected chi connectivity index (χ1v) is 10.3. The number of aryl methyl sites for hydroxylation is 1. The fourth-order valence-electron chi connectivity index (χ4n) is 2.55. The van der Waals surface area contributed by atoms with Gasteiger partial charge in [0.05, 0.1) is 9.92 Å². The zero-order chi connectivity index (χ0) is 21.0. The Kier molecular flexibility index (Phi) is 6.05. The van der Waals surface area contributed by atoms with Gasteiger partial charge >= 0.3 is 6.03 Å². The van der Waals surface area contributed by atoms with Crippen molar-refractivity contribution < 1.29 is 17.6 Å². The van der Waals surface area contributed by atoms with Gasteiger partial charge in [-0.3, -0.25) is 4.72 Å². The summed E-state index contributed by atoms with van der Waals surface area (Å²) in [5.74, 6) is -0.600. The molecule has 0 spiro atoms. The first-order chi connectivity index (χ1) is 13.7. The van der Waals surface area contributed by atoms with E-state index < -0.39 is 21.9 Å². The van der Waals surface area contributed by atoms with Gasteiger partial charge in [-0.05, 0) is 55.0 Å². The van der Waals surface area contributed by atoms with E-state index in [0.29, 0.717) is 16.9 Å². The molecular weight excluding hydrogens is 417 g/mol. The normalized spacial score (nSPS) is 11.0. The third-order valence-corrected chi connectivity index (χ3v) is 5.75. The minimum Gasteiger partial charge on any atom is -0.308 e. The molecule has 2 amide bonds. The molecule has 0 unspecified atom stereocenters. The number of benzene rings is 3. The van der Waals surface area contributed by atoms with Crippen LogP contribution in [0, 0.1) is 12.7 Å². The van der Waals surface area contributed by atoms with Crippen LogP contribution in [0.3, 0.4) is 0 Å². The lowest BCUT2D eigenvalue weighted by Gasteiger charge is -2.13. The number of carbonyl (C=O) groups is 1. The van der Waals surface area contributed by atoms with Crippen molar-refractivity contribution in [2.45, 2.75) is 11.8 Å². The number of anilines is 3. The molecule has 0 radical (unpaired) electrons. The van der Waals surface area contributed by atoms with Gasteiger partial charge in [-0.2, -0.15) is 0 Å². The second-order valence-electron chi connectivity index (χ2n) is 6.16. The molecule has 0 aromatic heterocycles. The molecule has 29 heavy (non-hydrogen) atoms. The minimum atomic E-state index is -3.85. The number of carbonyl (C=O) groups excluding carboxylic acids is 1. The van der Waals surface area contributed by atoms with E-state index in [1.165, 1.54) is 18.2 Å². The van der Waals surface area contributed by atoms with E-state index in [1.807, 2.05) is 0 Å². The summed E-state index contributed by atoms with van der Waals surface area (Å²) in [6.45, 7) is 1.66. The zero-order valence-electron chi connectivity index (χ0n) is 15.2. The highest BCUT2D eigenvalue weighted by Crippen LogP contribution is 2.24. The molecule has 0 aliphatic rings. The lowest BCUT2D eigenvalue weighted by molar-refractivity contribution is 0.262. The number of halogens is 2. The third-order valence-electron chi connectivity index (χ3n) is 3.94. The number of rotatable bonds is 5. The van der Waals surface area contributed by atoms with E-state index in [1.54, 1.807) is 49.4 Å². The maximum atomic E-state index is 13.2. The van der Waals surface area contributed by atoms with Gasteiger partial charge in [0.1, 0.15) is 5.82 Å². The molecule has 9 heteroatoms. The smallest absolute Gasteiger partial charge is 0.308 e. The number of hydrogen-bond donors (Lipinski definition) is 3. The van der Waals surface area contributed by atoms with E-state index in [4.69, 9.17) is 11.6 Å². The van der Waals surface area contributed by atoms with E-state index in [-0.39, 0.29) is 15.6 Å². The Morgan fingerprint density at radius 1 is 0.897 bits per heavy atom. The summed E-state index contributed by atoms with van der Waals surface area (Å²) < 4.78 is 41.2. The molecule has 0 saturated heterocycles. The van der Waals surface area contributed by atoms with Crippen molar-refractivity contribution in [3.05, 3.63) is 83.1 Å². The van der Waals surface area contributed by atoms with Gasteiger partial charge in [-0.15, -0.1) is 0 Å². The van der Waals surface area contributed by atoms with Gasteiger partial charge in [0, 0.05) is 17.1 Å². The van der Waals surface area contributed by atoms with Crippen molar-refractivity contribution in [2.24, 2.45) is 0 Å². The average Bonchev–Trinajstić information content (AvgIpc) is 2.66. The standard InChI is InChI=1S/C20H17ClFN3O3S/c1-13-7-8-16(24-20(26)23-15-9-10-18(22)17(21)11-15)12-19(13)29(27,28)25-14-5-3-2-4-6-14/h2-12,25H,1H3,(H2,23,24,26). The van der Waals surface area contributed by atoms with Crippen LogP contribution in [0.15, 0.2) is 71.6 Å². The van der Waals surface area contributed by atoms with Crippen molar-refractivity contribution in [3.63, 3.8) is 0 Å². The Hall–Kier alpha value is -3.10. The Balaban J connectivity index is 1.77. The maximum Gasteiger partial charge on any atom is 0.323 e. The van der Waals surface area contributed by atoms with Gasteiger partial charge in [0.25, 0.3) is 10.0 Å². The highest BCUT2D eigenvalue weighted by atomic mass is 35.5. The predicted molar refractivity (Wildman–Crippen MR) is 112 cm³/mol. The second kappa shape index (κ2) is 8.50. The van der Waals surface area contributed by atoms with Crippen molar-refractivity contribution in [1.29, 1.82) is 0 Å². The van der Waals surface area contributed by atoms with Crippen molar-refractivity contribution in [2.75, 3.05) is 15.4 Å². The minimum absolute atomic E-state index is 0.0315. The number of sulfonamides is 1. The molecule has 6 nitrogen and oxygen atoms in total. The number of urea groups is 1. The van der Waals surface area contributed by atoms with Crippen LogP contribution in [0.2, 0.25) is 5.02 Å². The van der Waals surface area contributed by atoms with Crippen LogP contribution in [-0.4, -0.2) is 14.4 Å². The molecule has 0 fully saturated rings. The fourth-order valence-corrected chi connectivity index (χ4v) is 4.06. The Morgan fingerprint density at radius 2 is 1.52 bits per heavy atom. The third kappa shape index (κ3) is 5.24. The number of amides is 2. The quantitative estimate of drug-likeness (QED) is 0.514. The molecule has 0 aliphatic heterocycles. The van der Waals surface area contributed by atoms with Crippen molar-refractivity contribution in [3.8, 4) is 0 Å². The summed E-state index contributed by atoms with van der Waals surface area (Å²) >= 11 is 5.69. The summed E-state index contributed by atoms with van der Waals surface area (Å²) in [6.07, 6.45) is 0. The first kappa shape index (κ1) is 20.6. The molecule has 3 rings (SSSR count). The molecule has 3 N–H and O–H groups in total. The van der Waals surface area contributed by atoms with Crippen LogP contribution in [0.5, 0.6) is 0 Å². The SMILES string of the molecule is Cc1ccc(NC(=O)Nc2ccc(F)c(Cl)c2)cc1S(=O)(=O)Nc1ccccc1. The molecule has 150 valence electrons. The second-order valence-corrected chi connectivity index (χ2v) is 8.22. The molecular formula is C20H17ClFN3O3S. The van der Waals surface area contributed by atoms with Crippen LogP contribution in [0.25, 0.3) is 0 Å². The highest BCUT2D eigenvalue weighted by molar-refractivity contribution is 7.92. The van der Waals surface area contributed by atoms with Crippen molar-refractivity contribution >= 4 is 44.7 Å². The number of hydrogen-bond acceptors (Lipinski definition) is 3. The van der Waals surface area contributed by atoms with E-state index in [0.717, 1.165) is 6.07 Å². The number of para-hydroxylation sites is 1. The van der Waals surface area contributed by atoms with Crippen LogP contribution in [0.1, 0.15) is 5.56 Å². The van der Waals surface area contributed by atoms with Crippen LogP contribution in [0.4, 0.5) is 26.2 Å². The summed E-state index contributed by atoms with van der Waals surface area (Å²) in [4.78, 5) is 12.2. The van der Waals surface area contributed by atoms with Crippen LogP contribution >= 0.6 is 11.6 Å². The lowest BCUT2D eigenvalue weighted by Crippen LogP contribution is -2.20. The Labute approximate surface area is 172 Å². The fraction of sp³-hybridized carbons (Fsp3) is 0.0500. The molecule has 3 aromatic carbocycles. The van der Waals surface area contributed by atoms with Gasteiger partial charge in [0.2, 0.25) is 0 Å². The number of nitrogens with one attached hydrogen (secondary N) is 3. The van der Waals surface area contributed by atoms with Gasteiger partial charge in [-0.1, -0.05) is 35.9 Å². The summed E-state index contributed by atoms with van der Waals surface area (Å²) in [5.41, 5.74) is 1.51. The maximum absolute atomic E-state index is 13.2. The molecule has 0 bridgehead atoms. The van der Waals surface area contributed by atoms with Crippen molar-refractivity contribution in [1.82, 2.24) is 0 Å². The molecule has 0 saturated carbocycles. The molecule has 0 atom stereocenters. The molecule has 0 heterocycles. The van der Waals surface area contributed by atoms with E-state index in [2.05, 4.69) is 15.4 Å². The van der Waals surface area contributed by atoms with Gasteiger partial charge in [-0.25, -0.2) is 17.6 Å². The van der Waals surface area contributed by atoms with E-state index in [9.17, 15) is 17.6 Å². The molecule has 3 aromatic rings. The predicted octanol–water partition coefficient (Wildman–Crippen LogP) is 5.23. The zero-order valence-corrected chi connectivity index (χ0v) is 16.8. The summed E-state index contributed by atoms with van der Waals surface area (Å²) in [5, 5.41) is 4.93. The largest absolute Gasteiger partial charge is 0.323 e. The lowest BCUT2D eigenvalue weighted by atomic mass is 10.2. The Morgan fingerprint density at radius 3 is 2.17 bits per heavy atom. The van der Waals surface area contributed by atoms with E-state index >= 15 is 0 Å². The topological polar surface area (TPSA) is 87.3 Å². The van der Waals surface area contributed by atoms with Crippen LogP contribution in [-0.2, 0) is 10.0 Å². The first-order valence-electron chi connectivity index (χ1n) is 8.46. The van der Waals surface area contributed by atoms with Crippen LogP contribution < -0.4 is 15.4 Å². The highest BCUT2D eigenvalue weighted by Gasteiger charge is 2.18. The summed E-state index contributed by atoms with van der Waals surface area (Å²) in [6, 6.07) is 16.1. The molecule has 0 aliphatic carbocycles. The summed E-state index contributed by atoms with van der Waals surface area (Å²) in [7, 11) is -3.85. The van der Waals surface area contributed by atoms with Gasteiger partial charge < -0.3 is 10.6 Å². The van der Waals surface area contributed by atoms with Gasteiger partial charge in [0.15, 0.2) is 0 Å². The average molecular weight is 434 g/mol.